The Morgan fingerprint density at radius 2 is 1.95 bits per heavy atom. The van der Waals surface area contributed by atoms with Crippen molar-refractivity contribution in [2.75, 3.05) is 5.73 Å². The van der Waals surface area contributed by atoms with E-state index in [1.807, 2.05) is 0 Å². The number of nitrogens with two attached hydrogens (primary N) is 1. The van der Waals surface area contributed by atoms with Crippen molar-refractivity contribution in [3.63, 3.8) is 0 Å². The number of anilines is 1. The van der Waals surface area contributed by atoms with Gasteiger partial charge in [-0.25, -0.2) is 8.78 Å². The average Bonchev–Trinajstić information content (AvgIpc) is 2.86. The Morgan fingerprint density at radius 1 is 1.14 bits per heavy atom. The molecule has 2 heterocycles. The summed E-state index contributed by atoms with van der Waals surface area (Å²) in [4.78, 5) is 3.97. The van der Waals surface area contributed by atoms with E-state index in [0.717, 1.165) is 0 Å². The van der Waals surface area contributed by atoms with Crippen LogP contribution in [0.15, 0.2) is 41.2 Å². The van der Waals surface area contributed by atoms with Gasteiger partial charge in [-0.05, 0) is 24.6 Å². The Balaban J connectivity index is 2.30. The van der Waals surface area contributed by atoms with Gasteiger partial charge in [0.1, 0.15) is 17.3 Å². The first-order valence-electron chi connectivity index (χ1n) is 6.20. The Kier molecular flexibility index (Phi) is 3.13. The van der Waals surface area contributed by atoms with Crippen molar-refractivity contribution in [3.8, 4) is 22.4 Å². The molecule has 3 aromatic rings. The summed E-state index contributed by atoms with van der Waals surface area (Å²) in [6.45, 7) is 1.55. The number of aryl methyl sites for hydroxylation is 1. The zero-order valence-electron chi connectivity index (χ0n) is 11.1. The van der Waals surface area contributed by atoms with Crippen molar-refractivity contribution in [2.24, 2.45) is 0 Å². The van der Waals surface area contributed by atoms with Gasteiger partial charge in [-0.1, -0.05) is 17.3 Å². The fourth-order valence-electron chi connectivity index (χ4n) is 2.14. The number of hydrogen-bond donors (Lipinski definition) is 1. The molecule has 21 heavy (non-hydrogen) atoms. The molecule has 0 aliphatic rings. The Labute approximate surface area is 119 Å². The molecule has 106 valence electrons. The normalized spacial score (nSPS) is 10.8. The second-order valence-electron chi connectivity index (χ2n) is 4.57. The molecule has 6 heteroatoms. The summed E-state index contributed by atoms with van der Waals surface area (Å²) in [6, 6.07) is 5.95. The number of aromatic nitrogens is 2. The third kappa shape index (κ3) is 2.14. The van der Waals surface area contributed by atoms with E-state index >= 15 is 0 Å². The van der Waals surface area contributed by atoms with E-state index < -0.39 is 11.6 Å². The Hall–Kier alpha value is -2.76. The third-order valence-electron chi connectivity index (χ3n) is 3.19. The molecule has 3 rings (SSSR count). The SMILES string of the molecule is Cc1ccc(F)c(-c2noc(N)c2-c2cccnc2)c1F. The molecule has 0 radical (unpaired) electrons. The van der Waals surface area contributed by atoms with Gasteiger partial charge in [-0.3, -0.25) is 4.98 Å². The summed E-state index contributed by atoms with van der Waals surface area (Å²) in [7, 11) is 0. The monoisotopic (exact) mass is 287 g/mol. The molecular weight excluding hydrogens is 276 g/mol. The van der Waals surface area contributed by atoms with Crippen LogP contribution in [-0.4, -0.2) is 10.1 Å². The first kappa shape index (κ1) is 13.2. The molecule has 2 N–H and O–H groups in total. The number of pyridine rings is 1. The highest BCUT2D eigenvalue weighted by Crippen LogP contribution is 2.38. The number of rotatable bonds is 2. The van der Waals surface area contributed by atoms with Crippen molar-refractivity contribution in [1.82, 2.24) is 10.1 Å². The van der Waals surface area contributed by atoms with Gasteiger partial charge >= 0.3 is 0 Å². The van der Waals surface area contributed by atoms with Crippen LogP contribution in [0.5, 0.6) is 0 Å². The van der Waals surface area contributed by atoms with Crippen LogP contribution < -0.4 is 5.73 Å². The smallest absolute Gasteiger partial charge is 0.230 e. The predicted octanol–water partition coefficient (Wildman–Crippen LogP) is 3.57. The number of nitrogens with zero attached hydrogens (tertiary/aromatic N) is 2. The van der Waals surface area contributed by atoms with Gasteiger partial charge < -0.3 is 10.3 Å². The zero-order chi connectivity index (χ0) is 15.0. The van der Waals surface area contributed by atoms with Crippen LogP contribution in [0, 0.1) is 18.6 Å². The van der Waals surface area contributed by atoms with E-state index in [1.165, 1.54) is 18.3 Å². The second kappa shape index (κ2) is 4.97. The number of hydrogen-bond acceptors (Lipinski definition) is 4. The van der Waals surface area contributed by atoms with E-state index in [-0.39, 0.29) is 17.1 Å². The minimum absolute atomic E-state index is 0.0155. The lowest BCUT2D eigenvalue weighted by Gasteiger charge is -2.06. The molecule has 0 bridgehead atoms. The lowest BCUT2D eigenvalue weighted by molar-refractivity contribution is 0.438. The molecule has 0 atom stereocenters. The standard InChI is InChI=1S/C15H11F2N3O/c1-8-4-5-10(16)12(13(8)17)14-11(15(18)21-20-14)9-3-2-6-19-7-9/h2-7H,18H2,1H3. The van der Waals surface area contributed by atoms with Gasteiger partial charge in [0.05, 0.1) is 11.1 Å². The average molecular weight is 287 g/mol. The van der Waals surface area contributed by atoms with Crippen LogP contribution in [0.25, 0.3) is 22.4 Å². The quantitative estimate of drug-likeness (QED) is 0.782. The summed E-state index contributed by atoms with van der Waals surface area (Å²) in [6.07, 6.45) is 3.11. The molecule has 0 aliphatic heterocycles. The lowest BCUT2D eigenvalue weighted by Crippen LogP contribution is -1.96. The molecule has 0 saturated heterocycles. The van der Waals surface area contributed by atoms with Crippen LogP contribution in [-0.2, 0) is 0 Å². The second-order valence-corrected chi connectivity index (χ2v) is 4.57. The van der Waals surface area contributed by atoms with Crippen molar-refractivity contribution in [2.45, 2.75) is 6.92 Å². The molecule has 0 fully saturated rings. The van der Waals surface area contributed by atoms with Gasteiger partial charge in [0.2, 0.25) is 5.88 Å². The maximum atomic E-state index is 14.3. The van der Waals surface area contributed by atoms with Gasteiger partial charge in [0, 0.05) is 18.0 Å². The summed E-state index contributed by atoms with van der Waals surface area (Å²) < 4.78 is 33.2. The number of benzene rings is 1. The maximum absolute atomic E-state index is 14.3. The van der Waals surface area contributed by atoms with Gasteiger partial charge in [-0.15, -0.1) is 0 Å². The molecular formula is C15H11F2N3O. The van der Waals surface area contributed by atoms with Crippen LogP contribution >= 0.6 is 0 Å². The fraction of sp³-hybridized carbons (Fsp3) is 0.0667. The van der Waals surface area contributed by atoms with Crippen molar-refractivity contribution >= 4 is 5.88 Å². The van der Waals surface area contributed by atoms with Crippen molar-refractivity contribution < 1.29 is 13.3 Å². The van der Waals surface area contributed by atoms with Crippen molar-refractivity contribution in [3.05, 3.63) is 53.9 Å². The van der Waals surface area contributed by atoms with Gasteiger partial charge in [-0.2, -0.15) is 0 Å². The first-order chi connectivity index (χ1) is 10.1. The van der Waals surface area contributed by atoms with Gasteiger partial charge in [0.15, 0.2) is 0 Å². The molecule has 0 spiro atoms. The van der Waals surface area contributed by atoms with Crippen LogP contribution in [0.4, 0.5) is 14.7 Å². The summed E-state index contributed by atoms with van der Waals surface area (Å²) in [5.41, 5.74) is 6.73. The van der Waals surface area contributed by atoms with Crippen LogP contribution in [0.2, 0.25) is 0 Å². The molecule has 2 aromatic heterocycles. The Bertz CT molecular complexity index is 800. The predicted molar refractivity (Wildman–Crippen MR) is 74.2 cm³/mol. The maximum Gasteiger partial charge on any atom is 0.230 e. The topological polar surface area (TPSA) is 64.9 Å². The third-order valence-corrected chi connectivity index (χ3v) is 3.19. The van der Waals surface area contributed by atoms with Crippen molar-refractivity contribution in [1.29, 1.82) is 0 Å². The highest BCUT2D eigenvalue weighted by molar-refractivity contribution is 5.87. The molecule has 0 aliphatic carbocycles. The molecule has 0 amide bonds. The molecule has 1 aromatic carbocycles. The highest BCUT2D eigenvalue weighted by Gasteiger charge is 2.24. The summed E-state index contributed by atoms with van der Waals surface area (Å²) in [5.74, 6) is -1.43. The van der Waals surface area contributed by atoms with Crippen LogP contribution in [0.3, 0.4) is 0 Å². The molecule has 0 unspecified atom stereocenters. The fourth-order valence-corrected chi connectivity index (χ4v) is 2.14. The number of nitrogen functional groups attached to an aromatic ring is 1. The van der Waals surface area contributed by atoms with Gasteiger partial charge in [0.25, 0.3) is 0 Å². The van der Waals surface area contributed by atoms with E-state index in [2.05, 4.69) is 10.1 Å². The zero-order valence-corrected chi connectivity index (χ0v) is 11.1. The highest BCUT2D eigenvalue weighted by atomic mass is 19.1. The minimum atomic E-state index is -0.725. The molecule has 4 nitrogen and oxygen atoms in total. The number of halogens is 2. The molecule has 0 saturated carbocycles. The van der Waals surface area contributed by atoms with E-state index in [4.69, 9.17) is 10.3 Å². The lowest BCUT2D eigenvalue weighted by atomic mass is 10.00. The largest absolute Gasteiger partial charge is 0.367 e. The van der Waals surface area contributed by atoms with E-state index in [1.54, 1.807) is 25.3 Å². The minimum Gasteiger partial charge on any atom is -0.367 e. The summed E-state index contributed by atoms with van der Waals surface area (Å²) in [5, 5.41) is 3.72. The Morgan fingerprint density at radius 3 is 2.67 bits per heavy atom. The van der Waals surface area contributed by atoms with E-state index in [0.29, 0.717) is 16.7 Å². The first-order valence-corrected chi connectivity index (χ1v) is 6.20. The summed E-state index contributed by atoms with van der Waals surface area (Å²) >= 11 is 0. The van der Waals surface area contributed by atoms with E-state index in [9.17, 15) is 8.78 Å². The van der Waals surface area contributed by atoms with Crippen LogP contribution in [0.1, 0.15) is 5.56 Å².